The van der Waals surface area contributed by atoms with E-state index in [1.54, 1.807) is 18.2 Å². The van der Waals surface area contributed by atoms with Crippen molar-refractivity contribution in [2.45, 2.75) is 12.6 Å². The van der Waals surface area contributed by atoms with Crippen molar-refractivity contribution in [2.75, 3.05) is 0 Å². The maximum Gasteiger partial charge on any atom is 0.416 e. The van der Waals surface area contributed by atoms with Gasteiger partial charge in [-0.05, 0) is 45.8 Å². The van der Waals surface area contributed by atoms with Crippen LogP contribution in [0.3, 0.4) is 0 Å². The summed E-state index contributed by atoms with van der Waals surface area (Å²) in [6.07, 6.45) is -4.83. The molecule has 1 aliphatic heterocycles. The highest BCUT2D eigenvalue weighted by molar-refractivity contribution is 7.10. The molecule has 0 fully saturated rings. The Labute approximate surface area is 169 Å². The first-order valence-corrected chi connectivity index (χ1v) is 9.32. The van der Waals surface area contributed by atoms with Gasteiger partial charge in [-0.15, -0.1) is 10.2 Å². The van der Waals surface area contributed by atoms with Crippen LogP contribution >= 0.6 is 22.9 Å². The molecule has 0 saturated heterocycles. The summed E-state index contributed by atoms with van der Waals surface area (Å²) in [5.74, 6) is -0.413. The minimum Gasteiger partial charge on any atom is -0.493 e. The predicted octanol–water partition coefficient (Wildman–Crippen LogP) is 3.89. The van der Waals surface area contributed by atoms with Crippen LogP contribution in [0.15, 0.2) is 56.6 Å². The van der Waals surface area contributed by atoms with Gasteiger partial charge in [0.25, 0.3) is 0 Å². The summed E-state index contributed by atoms with van der Waals surface area (Å²) in [7, 11) is 0. The van der Waals surface area contributed by atoms with Crippen LogP contribution in [-0.4, -0.2) is 10.1 Å². The first kappa shape index (κ1) is 19.3. The van der Waals surface area contributed by atoms with E-state index in [-0.39, 0.29) is 21.9 Å². The van der Waals surface area contributed by atoms with Crippen molar-refractivity contribution >= 4 is 34.2 Å². The topological polar surface area (TPSA) is 90.2 Å². The number of aromatic hydroxyl groups is 1. The summed E-state index contributed by atoms with van der Waals surface area (Å²) in [4.78, 5) is 13.6. The number of halogens is 4. The van der Waals surface area contributed by atoms with Crippen LogP contribution < -0.4 is 15.4 Å². The number of hydrogen-bond donors (Lipinski definition) is 2. The lowest BCUT2D eigenvalue weighted by molar-refractivity contribution is -0.138. The molecule has 2 aromatic carbocycles. The average Bonchev–Trinajstić information content (AvgIpc) is 3.25. The molecule has 0 atom stereocenters. The van der Waals surface area contributed by atoms with Gasteiger partial charge in [0.15, 0.2) is 0 Å². The van der Waals surface area contributed by atoms with Gasteiger partial charge in [0.05, 0.1) is 10.4 Å². The molecule has 6 nitrogen and oxygen atoms in total. The number of hydrogen-bond acceptors (Lipinski definition) is 6. The van der Waals surface area contributed by atoms with Gasteiger partial charge in [0, 0.05) is 11.4 Å². The van der Waals surface area contributed by atoms with E-state index >= 15 is 0 Å². The van der Waals surface area contributed by atoms with Crippen molar-refractivity contribution in [1.29, 1.82) is 0 Å². The Hall–Kier alpha value is -2.98. The van der Waals surface area contributed by atoms with Gasteiger partial charge in [0.2, 0.25) is 5.88 Å². The van der Waals surface area contributed by atoms with E-state index in [4.69, 9.17) is 11.6 Å². The lowest BCUT2D eigenvalue weighted by Crippen LogP contribution is -2.15. The Bertz CT molecular complexity index is 1330. The Morgan fingerprint density at radius 2 is 2.00 bits per heavy atom. The quantitative estimate of drug-likeness (QED) is 0.649. The van der Waals surface area contributed by atoms with E-state index < -0.39 is 22.5 Å². The van der Waals surface area contributed by atoms with Crippen LogP contribution in [0.1, 0.15) is 16.0 Å². The van der Waals surface area contributed by atoms with Crippen molar-refractivity contribution < 1.29 is 18.3 Å². The highest BCUT2D eigenvalue weighted by atomic mass is 35.5. The van der Waals surface area contributed by atoms with Gasteiger partial charge in [-0.1, -0.05) is 35.1 Å². The van der Waals surface area contributed by atoms with E-state index in [1.807, 2.05) is 0 Å². The third-order valence-electron chi connectivity index (χ3n) is 4.28. The molecule has 0 saturated carbocycles. The number of rotatable bonds is 3. The van der Waals surface area contributed by atoms with Crippen LogP contribution in [0.2, 0.25) is 5.02 Å². The Balaban J connectivity index is 1.96. The zero-order valence-electron chi connectivity index (χ0n) is 14.3. The molecule has 1 aromatic heterocycles. The molecule has 0 aliphatic carbocycles. The van der Waals surface area contributed by atoms with Gasteiger partial charge in [-0.3, -0.25) is 9.78 Å². The molecular weight excluding hydrogens is 429 g/mol. The standard InChI is InChI=1S/C18H10ClF3N4O2S/c19-10-3-1-9(12(7-10)18(20,21)22)5-11(15-16(27)23-17(28)29-15)8-2-4-13-14(6-8)25-26-24-13/h1-4,6-7,27H,5H2,(H,23,28). The number of aromatic nitrogens is 1. The number of benzene rings is 2. The summed E-state index contributed by atoms with van der Waals surface area (Å²) >= 11 is 6.47. The highest BCUT2D eigenvalue weighted by Gasteiger charge is 2.34. The minimum absolute atomic E-state index is 0.0451. The van der Waals surface area contributed by atoms with Gasteiger partial charge < -0.3 is 5.11 Å². The van der Waals surface area contributed by atoms with Gasteiger partial charge >= 0.3 is 11.0 Å². The number of nitrogens with zero attached hydrogens (tertiary/aromatic N) is 3. The number of alkyl halides is 3. The number of aromatic amines is 1. The zero-order valence-corrected chi connectivity index (χ0v) is 15.9. The summed E-state index contributed by atoms with van der Waals surface area (Å²) in [5.41, 5.74) is -0.178. The SMILES string of the molecule is O=c1[nH]c(O)c(C(Cc2ccc(Cl)cc2C(F)(F)F)=c2ccc3c(c2)N=NN=3)s1. The minimum atomic E-state index is -4.62. The van der Waals surface area contributed by atoms with Crippen molar-refractivity contribution in [1.82, 2.24) is 4.98 Å². The predicted molar refractivity (Wildman–Crippen MR) is 101 cm³/mol. The van der Waals surface area contributed by atoms with Crippen molar-refractivity contribution in [2.24, 2.45) is 15.4 Å². The largest absolute Gasteiger partial charge is 0.493 e. The molecular formula is C18H10ClF3N4O2S. The maximum atomic E-state index is 13.5. The Kier molecular flexibility index (Phi) is 4.75. The van der Waals surface area contributed by atoms with Crippen molar-refractivity contribution in [3.05, 3.63) is 77.7 Å². The third kappa shape index (κ3) is 3.81. The molecule has 2 N–H and O–H groups in total. The van der Waals surface area contributed by atoms with E-state index in [0.717, 1.165) is 6.07 Å². The molecule has 0 bridgehead atoms. The molecule has 0 spiro atoms. The number of thiazole rings is 1. The highest BCUT2D eigenvalue weighted by Crippen LogP contribution is 2.36. The summed E-state index contributed by atoms with van der Waals surface area (Å²) in [6, 6.07) is 8.32. The summed E-state index contributed by atoms with van der Waals surface area (Å²) < 4.78 is 40.6. The van der Waals surface area contributed by atoms with Crippen LogP contribution in [0.4, 0.5) is 18.9 Å². The fraction of sp³-hybridized carbons (Fsp3) is 0.111. The maximum absolute atomic E-state index is 13.5. The average molecular weight is 439 g/mol. The Morgan fingerprint density at radius 1 is 1.21 bits per heavy atom. The molecule has 1 aliphatic rings. The Morgan fingerprint density at radius 3 is 2.69 bits per heavy atom. The van der Waals surface area contributed by atoms with Gasteiger partial charge in [0.1, 0.15) is 11.0 Å². The second-order valence-corrected chi connectivity index (χ2v) is 7.56. The second kappa shape index (κ2) is 7.12. The van der Waals surface area contributed by atoms with Crippen LogP contribution in [-0.2, 0) is 12.6 Å². The molecule has 2 heterocycles. The first-order valence-electron chi connectivity index (χ1n) is 8.12. The molecule has 3 aromatic rings. The van der Waals surface area contributed by atoms with Gasteiger partial charge in [-0.2, -0.15) is 13.2 Å². The van der Waals surface area contributed by atoms with E-state index in [9.17, 15) is 23.1 Å². The molecule has 4 rings (SSSR count). The summed E-state index contributed by atoms with van der Waals surface area (Å²) in [6.45, 7) is 0. The van der Waals surface area contributed by atoms with Crippen LogP contribution in [0.25, 0.3) is 5.57 Å². The lowest BCUT2D eigenvalue weighted by Gasteiger charge is -2.15. The molecule has 0 radical (unpaired) electrons. The molecule has 0 amide bonds. The van der Waals surface area contributed by atoms with Crippen LogP contribution in [0, 0.1) is 0 Å². The molecule has 0 unspecified atom stereocenters. The molecule has 29 heavy (non-hydrogen) atoms. The van der Waals surface area contributed by atoms with Crippen molar-refractivity contribution in [3.63, 3.8) is 0 Å². The summed E-state index contributed by atoms with van der Waals surface area (Å²) in [5, 5.41) is 22.3. The fourth-order valence-corrected chi connectivity index (χ4v) is 3.96. The lowest BCUT2D eigenvalue weighted by atomic mass is 9.96. The number of nitrogens with one attached hydrogen (secondary N) is 1. The van der Waals surface area contributed by atoms with E-state index in [2.05, 4.69) is 20.4 Å². The monoisotopic (exact) mass is 438 g/mol. The van der Waals surface area contributed by atoms with Crippen molar-refractivity contribution in [3.8, 4) is 5.88 Å². The van der Waals surface area contributed by atoms with E-state index in [0.29, 0.717) is 33.2 Å². The van der Waals surface area contributed by atoms with E-state index in [1.165, 1.54) is 12.1 Å². The van der Waals surface area contributed by atoms with Gasteiger partial charge in [-0.25, -0.2) is 0 Å². The second-order valence-electron chi connectivity index (χ2n) is 6.14. The molecule has 148 valence electrons. The smallest absolute Gasteiger partial charge is 0.416 e. The number of H-pyrrole nitrogens is 1. The third-order valence-corrected chi connectivity index (χ3v) is 5.44. The first-order chi connectivity index (χ1) is 13.7. The normalized spacial score (nSPS) is 13.9. The van der Waals surface area contributed by atoms with Crippen LogP contribution in [0.5, 0.6) is 5.88 Å². The molecule has 11 heteroatoms. The zero-order chi connectivity index (χ0) is 20.8. The number of fused-ring (bicyclic) bond motifs is 1. The fourth-order valence-electron chi connectivity index (χ4n) is 2.99.